The molecule has 4 rings (SSSR count). The Morgan fingerprint density at radius 2 is 1.97 bits per heavy atom. The maximum atomic E-state index is 14.2. The van der Waals surface area contributed by atoms with Crippen LogP contribution in [0.3, 0.4) is 0 Å². The minimum Gasteiger partial charge on any atom is -0.484 e. The second-order valence-corrected chi connectivity index (χ2v) is 9.65. The van der Waals surface area contributed by atoms with E-state index in [0.717, 1.165) is 16.7 Å². The van der Waals surface area contributed by atoms with Gasteiger partial charge in [0.15, 0.2) is 12.3 Å². The lowest BCUT2D eigenvalue weighted by molar-refractivity contribution is -0.134. The van der Waals surface area contributed by atoms with Crippen LogP contribution in [0.5, 0.6) is 5.75 Å². The highest BCUT2D eigenvalue weighted by Crippen LogP contribution is 2.38. The van der Waals surface area contributed by atoms with Crippen LogP contribution in [0.4, 0.5) is 4.39 Å². The van der Waals surface area contributed by atoms with Crippen molar-refractivity contribution in [3.8, 4) is 5.75 Å². The Morgan fingerprint density at radius 3 is 2.68 bits per heavy atom. The molecule has 1 aliphatic heterocycles. The lowest BCUT2D eigenvalue weighted by Gasteiger charge is -2.38. The van der Waals surface area contributed by atoms with Gasteiger partial charge in [-0.05, 0) is 67.1 Å². The monoisotopic (exact) mass is 507 g/mol. The van der Waals surface area contributed by atoms with Crippen molar-refractivity contribution in [2.45, 2.75) is 53.2 Å². The molecule has 0 radical (unpaired) electrons. The SMILES string of the molecule is CCN(CC)C(=O)c1coc(COc2ccc3c(c2)[C@@H](c2cccc(F)c2)N(C(=O)CC(C)C)CC3)n1. The summed E-state index contributed by atoms with van der Waals surface area (Å²) in [5.74, 6) is 0.615. The van der Waals surface area contributed by atoms with E-state index in [0.29, 0.717) is 44.1 Å². The normalized spacial score (nSPS) is 15.0. The lowest BCUT2D eigenvalue weighted by Crippen LogP contribution is -2.41. The summed E-state index contributed by atoms with van der Waals surface area (Å²) in [6, 6.07) is 11.8. The average molecular weight is 508 g/mol. The molecular formula is C29H34FN3O4. The number of fused-ring (bicyclic) bond motifs is 1. The van der Waals surface area contributed by atoms with Crippen LogP contribution in [0, 0.1) is 11.7 Å². The molecule has 0 spiro atoms. The third kappa shape index (κ3) is 6.01. The van der Waals surface area contributed by atoms with Gasteiger partial charge in [0.25, 0.3) is 5.91 Å². The molecular weight excluding hydrogens is 473 g/mol. The van der Waals surface area contributed by atoms with E-state index in [1.165, 1.54) is 18.4 Å². The van der Waals surface area contributed by atoms with Crippen molar-refractivity contribution in [1.29, 1.82) is 0 Å². The molecule has 2 aromatic carbocycles. The van der Waals surface area contributed by atoms with Crippen molar-refractivity contribution in [2.24, 2.45) is 5.92 Å². The van der Waals surface area contributed by atoms with Crippen molar-refractivity contribution in [1.82, 2.24) is 14.8 Å². The maximum Gasteiger partial charge on any atom is 0.275 e. The number of halogens is 1. The number of aromatic nitrogens is 1. The zero-order valence-electron chi connectivity index (χ0n) is 21.9. The molecule has 0 saturated carbocycles. The van der Waals surface area contributed by atoms with E-state index < -0.39 is 6.04 Å². The summed E-state index contributed by atoms with van der Waals surface area (Å²) in [6.07, 6.45) is 2.49. The fourth-order valence-electron chi connectivity index (χ4n) is 4.75. The summed E-state index contributed by atoms with van der Waals surface area (Å²) < 4.78 is 25.6. The largest absolute Gasteiger partial charge is 0.484 e. The van der Waals surface area contributed by atoms with Crippen LogP contribution in [0.15, 0.2) is 53.1 Å². The van der Waals surface area contributed by atoms with Crippen molar-refractivity contribution in [3.05, 3.63) is 82.8 Å². The number of nitrogens with zero attached hydrogens (tertiary/aromatic N) is 3. The molecule has 37 heavy (non-hydrogen) atoms. The van der Waals surface area contributed by atoms with E-state index >= 15 is 0 Å². The van der Waals surface area contributed by atoms with E-state index in [-0.39, 0.29) is 35.9 Å². The van der Waals surface area contributed by atoms with Crippen molar-refractivity contribution < 1.29 is 23.1 Å². The summed E-state index contributed by atoms with van der Waals surface area (Å²) >= 11 is 0. The number of oxazole rings is 1. The number of amides is 2. The van der Waals surface area contributed by atoms with E-state index in [1.54, 1.807) is 11.0 Å². The highest BCUT2D eigenvalue weighted by atomic mass is 19.1. The zero-order chi connectivity index (χ0) is 26.5. The van der Waals surface area contributed by atoms with Gasteiger partial charge in [-0.3, -0.25) is 9.59 Å². The van der Waals surface area contributed by atoms with Crippen LogP contribution in [0.2, 0.25) is 0 Å². The molecule has 0 fully saturated rings. The molecule has 1 atom stereocenters. The third-order valence-electron chi connectivity index (χ3n) is 6.60. The Balaban J connectivity index is 1.58. The van der Waals surface area contributed by atoms with Crippen LogP contribution in [-0.2, 0) is 17.8 Å². The van der Waals surface area contributed by atoms with Crippen LogP contribution >= 0.6 is 0 Å². The summed E-state index contributed by atoms with van der Waals surface area (Å²) in [5.41, 5.74) is 2.98. The van der Waals surface area contributed by atoms with Crippen LogP contribution in [0.25, 0.3) is 0 Å². The van der Waals surface area contributed by atoms with Gasteiger partial charge >= 0.3 is 0 Å². The van der Waals surface area contributed by atoms with Crippen molar-refractivity contribution >= 4 is 11.8 Å². The summed E-state index contributed by atoms with van der Waals surface area (Å²) in [4.78, 5) is 33.5. The third-order valence-corrected chi connectivity index (χ3v) is 6.60. The lowest BCUT2D eigenvalue weighted by atomic mass is 9.87. The molecule has 1 aliphatic rings. The molecule has 8 heteroatoms. The Labute approximate surface area is 217 Å². The second-order valence-electron chi connectivity index (χ2n) is 9.65. The first kappa shape index (κ1) is 26.4. The highest BCUT2D eigenvalue weighted by Gasteiger charge is 2.32. The average Bonchev–Trinajstić information content (AvgIpc) is 3.36. The molecule has 0 aliphatic carbocycles. The molecule has 0 saturated heterocycles. The zero-order valence-corrected chi connectivity index (χ0v) is 21.9. The maximum absolute atomic E-state index is 14.2. The molecule has 7 nitrogen and oxygen atoms in total. The number of carbonyl (C=O) groups is 2. The van der Waals surface area contributed by atoms with E-state index in [4.69, 9.17) is 9.15 Å². The first-order valence-corrected chi connectivity index (χ1v) is 12.8. The molecule has 0 N–H and O–H groups in total. The van der Waals surface area contributed by atoms with Gasteiger partial charge in [0.2, 0.25) is 11.8 Å². The van der Waals surface area contributed by atoms with Gasteiger partial charge in [-0.1, -0.05) is 32.0 Å². The van der Waals surface area contributed by atoms with E-state index in [9.17, 15) is 14.0 Å². The molecule has 2 amide bonds. The van der Waals surface area contributed by atoms with Gasteiger partial charge in [-0.2, -0.15) is 0 Å². The Kier molecular flexibility index (Phi) is 8.26. The summed E-state index contributed by atoms with van der Waals surface area (Å²) in [7, 11) is 0. The molecule has 2 heterocycles. The molecule has 196 valence electrons. The minimum absolute atomic E-state index is 0.0466. The molecule has 0 bridgehead atoms. The summed E-state index contributed by atoms with van der Waals surface area (Å²) in [5, 5.41) is 0. The highest BCUT2D eigenvalue weighted by molar-refractivity contribution is 5.91. The number of carbonyl (C=O) groups excluding carboxylic acids is 2. The van der Waals surface area contributed by atoms with Gasteiger partial charge in [-0.25, -0.2) is 9.37 Å². The molecule has 0 unspecified atom stereocenters. The predicted molar refractivity (Wildman–Crippen MR) is 138 cm³/mol. The van der Waals surface area contributed by atoms with Crippen molar-refractivity contribution in [2.75, 3.05) is 19.6 Å². The molecule has 3 aromatic rings. The number of rotatable bonds is 9. The number of hydrogen-bond donors (Lipinski definition) is 0. The van der Waals surface area contributed by atoms with Crippen LogP contribution in [-0.4, -0.2) is 46.2 Å². The standard InChI is InChI=1S/C29H34FN3O4/c1-5-32(6-2)29(35)25-17-37-26(31-25)18-36-23-11-10-20-12-13-33(27(34)14-19(3)4)28(24(20)16-23)21-8-7-9-22(30)15-21/h7-11,15-17,19,28H,5-6,12-14,18H2,1-4H3/t28-/m1/s1. The fraction of sp³-hybridized carbons (Fsp3) is 0.414. The topological polar surface area (TPSA) is 75.9 Å². The fourth-order valence-corrected chi connectivity index (χ4v) is 4.75. The number of ether oxygens (including phenoxy) is 1. The van der Waals surface area contributed by atoms with Gasteiger partial charge in [0.05, 0.1) is 6.04 Å². The Hall–Kier alpha value is -3.68. The Morgan fingerprint density at radius 1 is 1.19 bits per heavy atom. The smallest absolute Gasteiger partial charge is 0.275 e. The van der Waals surface area contributed by atoms with Gasteiger partial charge < -0.3 is 19.0 Å². The van der Waals surface area contributed by atoms with E-state index in [2.05, 4.69) is 4.98 Å². The van der Waals surface area contributed by atoms with E-state index in [1.807, 2.05) is 56.9 Å². The van der Waals surface area contributed by atoms with Gasteiger partial charge in [0, 0.05) is 26.1 Å². The number of benzene rings is 2. The first-order chi connectivity index (χ1) is 17.8. The Bertz CT molecular complexity index is 1250. The minimum atomic E-state index is -0.408. The van der Waals surface area contributed by atoms with Crippen LogP contribution < -0.4 is 4.74 Å². The number of hydrogen-bond acceptors (Lipinski definition) is 5. The van der Waals surface area contributed by atoms with Gasteiger partial charge in [0.1, 0.15) is 17.8 Å². The second kappa shape index (κ2) is 11.6. The van der Waals surface area contributed by atoms with Crippen LogP contribution in [0.1, 0.15) is 73.2 Å². The molecule has 1 aromatic heterocycles. The quantitative estimate of drug-likeness (QED) is 0.388. The predicted octanol–water partition coefficient (Wildman–Crippen LogP) is 5.39. The van der Waals surface area contributed by atoms with Crippen molar-refractivity contribution in [3.63, 3.8) is 0 Å². The first-order valence-electron chi connectivity index (χ1n) is 12.8. The summed E-state index contributed by atoms with van der Waals surface area (Å²) in [6.45, 7) is 9.65. The van der Waals surface area contributed by atoms with Gasteiger partial charge in [-0.15, -0.1) is 0 Å².